The zero-order chi connectivity index (χ0) is 15.4. The van der Waals surface area contributed by atoms with Crippen molar-refractivity contribution < 1.29 is 24.2 Å². The third kappa shape index (κ3) is 1.98. The van der Waals surface area contributed by atoms with Crippen LogP contribution >= 0.6 is 22.6 Å². The first-order valence-electron chi connectivity index (χ1n) is 7.23. The van der Waals surface area contributed by atoms with E-state index < -0.39 is 12.1 Å². The van der Waals surface area contributed by atoms with Crippen LogP contribution in [0.25, 0.3) is 0 Å². The Morgan fingerprint density at radius 1 is 1.43 bits per heavy atom. The minimum atomic E-state index is -0.548. The van der Waals surface area contributed by atoms with E-state index in [4.69, 9.17) is 9.47 Å². The summed E-state index contributed by atoms with van der Waals surface area (Å²) in [5.41, 5.74) is -0.000749. The molecule has 1 N–H and O–H groups in total. The molecule has 0 bridgehead atoms. The Labute approximate surface area is 137 Å². The highest BCUT2D eigenvalue weighted by Gasteiger charge is 2.63. The minimum absolute atomic E-state index is 0.126. The van der Waals surface area contributed by atoms with Crippen molar-refractivity contribution >= 4 is 34.5 Å². The zero-order valence-electron chi connectivity index (χ0n) is 11.9. The van der Waals surface area contributed by atoms with Gasteiger partial charge in [0.15, 0.2) is 0 Å². The van der Waals surface area contributed by atoms with Gasteiger partial charge >= 0.3 is 11.9 Å². The van der Waals surface area contributed by atoms with Gasteiger partial charge in [-0.05, 0) is 12.8 Å². The number of halogens is 1. The molecule has 1 aliphatic carbocycles. The van der Waals surface area contributed by atoms with Crippen LogP contribution in [0.5, 0.6) is 0 Å². The van der Waals surface area contributed by atoms with E-state index in [0.29, 0.717) is 5.57 Å². The molecule has 5 nitrogen and oxygen atoms in total. The average molecular weight is 406 g/mol. The lowest BCUT2D eigenvalue weighted by atomic mass is 9.56. The summed E-state index contributed by atoms with van der Waals surface area (Å²) in [5, 5.41) is 9.66. The lowest BCUT2D eigenvalue weighted by molar-refractivity contribution is -0.183. The average Bonchev–Trinajstić information content (AvgIpc) is 2.77. The monoisotopic (exact) mass is 406 g/mol. The number of alkyl halides is 1. The molecular weight excluding hydrogens is 387 g/mol. The molecule has 116 valence electrons. The molecule has 0 aromatic heterocycles. The number of hydrogen-bond donors (Lipinski definition) is 1. The van der Waals surface area contributed by atoms with Crippen LogP contribution in [0.2, 0.25) is 0 Å². The lowest BCUT2D eigenvalue weighted by Gasteiger charge is -2.53. The van der Waals surface area contributed by atoms with Gasteiger partial charge in [0.05, 0.1) is 12.5 Å². The third-order valence-corrected chi connectivity index (χ3v) is 6.94. The molecule has 21 heavy (non-hydrogen) atoms. The van der Waals surface area contributed by atoms with Crippen LogP contribution in [0.4, 0.5) is 0 Å². The van der Waals surface area contributed by atoms with Crippen molar-refractivity contribution in [1.82, 2.24) is 0 Å². The maximum absolute atomic E-state index is 12.1. The first kappa shape index (κ1) is 15.3. The Morgan fingerprint density at radius 2 is 2.14 bits per heavy atom. The maximum Gasteiger partial charge on any atom is 0.334 e. The minimum Gasteiger partial charge on any atom is -0.461 e. The van der Waals surface area contributed by atoms with E-state index in [1.807, 2.05) is 6.92 Å². The highest BCUT2D eigenvalue weighted by molar-refractivity contribution is 14.1. The molecule has 0 aromatic carbocycles. The predicted octanol–water partition coefficient (Wildman–Crippen LogP) is 1.47. The van der Waals surface area contributed by atoms with E-state index >= 15 is 0 Å². The number of fused-ring (bicyclic) bond motifs is 3. The van der Waals surface area contributed by atoms with Gasteiger partial charge in [-0.15, -0.1) is 0 Å². The van der Waals surface area contributed by atoms with Gasteiger partial charge < -0.3 is 14.6 Å². The number of esters is 2. The summed E-state index contributed by atoms with van der Waals surface area (Å²) in [7, 11) is 0. The van der Waals surface area contributed by atoms with Crippen LogP contribution in [0.15, 0.2) is 12.2 Å². The summed E-state index contributed by atoms with van der Waals surface area (Å²) in [6.07, 6.45) is 0.789. The topological polar surface area (TPSA) is 72.8 Å². The van der Waals surface area contributed by atoms with Crippen molar-refractivity contribution in [3.8, 4) is 0 Å². The molecule has 6 atom stereocenters. The molecule has 0 radical (unpaired) electrons. The molecule has 0 unspecified atom stereocenters. The molecule has 3 fully saturated rings. The fraction of sp³-hybridized carbons (Fsp3) is 0.733. The Bertz CT molecular complexity index is 504. The van der Waals surface area contributed by atoms with Crippen LogP contribution in [-0.4, -0.2) is 40.3 Å². The van der Waals surface area contributed by atoms with Crippen molar-refractivity contribution in [3.05, 3.63) is 12.2 Å². The van der Waals surface area contributed by atoms with E-state index in [-0.39, 0.29) is 41.8 Å². The van der Waals surface area contributed by atoms with E-state index in [2.05, 4.69) is 29.2 Å². The quantitative estimate of drug-likeness (QED) is 0.326. The summed E-state index contributed by atoms with van der Waals surface area (Å²) in [4.78, 5) is 24.0. The van der Waals surface area contributed by atoms with Crippen LogP contribution in [0.1, 0.15) is 19.8 Å². The second-order valence-electron chi connectivity index (χ2n) is 6.34. The number of hydrogen-bond acceptors (Lipinski definition) is 5. The third-order valence-electron chi connectivity index (χ3n) is 5.52. The van der Waals surface area contributed by atoms with E-state index in [1.165, 1.54) is 0 Å². The molecule has 3 rings (SSSR count). The van der Waals surface area contributed by atoms with Gasteiger partial charge in [0.25, 0.3) is 0 Å². The summed E-state index contributed by atoms with van der Waals surface area (Å²) < 4.78 is 11.7. The van der Waals surface area contributed by atoms with Crippen molar-refractivity contribution in [1.29, 1.82) is 0 Å². The van der Waals surface area contributed by atoms with Gasteiger partial charge in [-0.1, -0.05) is 36.1 Å². The summed E-state index contributed by atoms with van der Waals surface area (Å²) in [6, 6.07) is 0. The Kier molecular flexibility index (Phi) is 3.80. The fourth-order valence-corrected chi connectivity index (χ4v) is 5.59. The molecule has 2 heterocycles. The number of carbonyl (C=O) groups is 2. The standard InChI is InChI=1S/C15H19IO5/c1-7-9-3-4-15(6-16)10(5-17)20-14(19)8(2)11(15)12(9)21-13(7)18/h7,9-12,17H,2-6H2,1H3/t7-,9-,10-,11+,12-,15+/m0/s1. The van der Waals surface area contributed by atoms with Crippen molar-refractivity contribution in [2.75, 3.05) is 11.0 Å². The molecule has 6 heteroatoms. The number of ether oxygens (including phenoxy) is 2. The Balaban J connectivity index is 2.05. The van der Waals surface area contributed by atoms with Crippen molar-refractivity contribution in [2.45, 2.75) is 32.0 Å². The van der Waals surface area contributed by atoms with Crippen LogP contribution in [-0.2, 0) is 19.1 Å². The fourth-order valence-electron chi connectivity index (χ4n) is 4.25. The van der Waals surface area contributed by atoms with Gasteiger partial charge in [-0.2, -0.15) is 0 Å². The van der Waals surface area contributed by atoms with Gasteiger partial charge in [0.2, 0.25) is 0 Å². The zero-order valence-corrected chi connectivity index (χ0v) is 14.0. The predicted molar refractivity (Wildman–Crippen MR) is 82.7 cm³/mol. The molecule has 1 saturated carbocycles. The first-order chi connectivity index (χ1) is 9.96. The first-order valence-corrected chi connectivity index (χ1v) is 8.76. The molecule has 0 spiro atoms. The van der Waals surface area contributed by atoms with Gasteiger partial charge in [0, 0.05) is 27.3 Å². The Hall–Kier alpha value is -0.630. The number of aliphatic hydroxyl groups excluding tert-OH is 1. The molecule has 3 aliphatic rings. The second kappa shape index (κ2) is 5.22. The van der Waals surface area contributed by atoms with Gasteiger partial charge in [-0.25, -0.2) is 4.79 Å². The summed E-state index contributed by atoms with van der Waals surface area (Å²) in [6.45, 7) is 5.58. The molecule has 0 amide bonds. The summed E-state index contributed by atoms with van der Waals surface area (Å²) >= 11 is 2.27. The smallest absolute Gasteiger partial charge is 0.334 e. The maximum atomic E-state index is 12.1. The Morgan fingerprint density at radius 3 is 2.76 bits per heavy atom. The number of rotatable bonds is 2. The van der Waals surface area contributed by atoms with Crippen molar-refractivity contribution in [3.63, 3.8) is 0 Å². The molecule has 2 saturated heterocycles. The van der Waals surface area contributed by atoms with E-state index in [0.717, 1.165) is 17.3 Å². The van der Waals surface area contributed by atoms with E-state index in [1.54, 1.807) is 0 Å². The molecule has 0 aromatic rings. The summed E-state index contributed by atoms with van der Waals surface area (Å²) in [5.74, 6) is -0.932. The highest BCUT2D eigenvalue weighted by Crippen LogP contribution is 2.57. The SMILES string of the molecule is C=C1C(=O)O[C@@H](CO)[C@]2(CI)CC[C@@H]3[C@H](OC(=O)[C@H]3C)[C@@H]12. The number of cyclic esters (lactones) is 1. The lowest BCUT2D eigenvalue weighted by Crippen LogP contribution is -2.60. The number of aliphatic hydroxyl groups is 1. The van der Waals surface area contributed by atoms with Crippen LogP contribution < -0.4 is 0 Å². The van der Waals surface area contributed by atoms with Crippen molar-refractivity contribution in [2.24, 2.45) is 23.2 Å². The van der Waals surface area contributed by atoms with Crippen LogP contribution in [0, 0.1) is 23.2 Å². The largest absolute Gasteiger partial charge is 0.461 e. The number of carbonyl (C=O) groups excluding carboxylic acids is 2. The second-order valence-corrected chi connectivity index (χ2v) is 7.10. The highest BCUT2D eigenvalue weighted by atomic mass is 127. The normalized spacial score (nSPS) is 45.7. The van der Waals surface area contributed by atoms with E-state index in [9.17, 15) is 14.7 Å². The van der Waals surface area contributed by atoms with Gasteiger partial charge in [-0.3, -0.25) is 4.79 Å². The molecular formula is C15H19IO5. The van der Waals surface area contributed by atoms with Crippen LogP contribution in [0.3, 0.4) is 0 Å². The van der Waals surface area contributed by atoms with Gasteiger partial charge in [0.1, 0.15) is 12.2 Å². The molecule has 2 aliphatic heterocycles.